The predicted molar refractivity (Wildman–Crippen MR) is 450 cm³/mol. The van der Waals surface area contributed by atoms with Crippen LogP contribution in [0.3, 0.4) is 0 Å². The van der Waals surface area contributed by atoms with Crippen LogP contribution in [0.4, 0.5) is 28.4 Å². The molecule has 0 saturated heterocycles. The van der Waals surface area contributed by atoms with Gasteiger partial charge in [0.15, 0.2) is 0 Å². The molecule has 6 fully saturated rings. The van der Waals surface area contributed by atoms with Gasteiger partial charge in [-0.15, -0.1) is 0 Å². The quantitative estimate of drug-likeness (QED) is 0.124. The molecule has 8 aliphatic carbocycles. The van der Waals surface area contributed by atoms with Gasteiger partial charge in [-0.05, 0) is 285 Å². The Kier molecular flexibility index (Phi) is 21.9. The number of anilines is 5. The van der Waals surface area contributed by atoms with Gasteiger partial charge in [0.25, 0.3) is 0 Å². The Bertz CT molecular complexity index is 4480. The second-order valence-electron chi connectivity index (χ2n) is 34.3. The maximum atomic E-state index is 6.11. The van der Waals surface area contributed by atoms with Crippen molar-refractivity contribution in [1.82, 2.24) is 0 Å². The lowest BCUT2D eigenvalue weighted by atomic mass is 9.78. The highest BCUT2D eigenvalue weighted by molar-refractivity contribution is 6.30. The molecule has 2 nitrogen and oxygen atoms in total. The SMILES string of the molecule is CC1(C)c2ccccc2-c2ccc(N(c3ccc(-c4cc(C5CCCCC5)cc(C5CCCCC5)c4)cc3)c3ccc(C4CCCCC4)cc3)cc21.CC1(C)c2ccccc2-c2ccc(Nc3ccc(C4CCCCC4)cc3)cc21.Clc1ccc(-c2cc(C3CCCCC3)cc(C3CCCCC3)c2)cc1. The Balaban J connectivity index is 0.000000134. The number of hydrogen-bond donors (Lipinski definition) is 1. The van der Waals surface area contributed by atoms with Crippen LogP contribution in [-0.4, -0.2) is 0 Å². The number of hydrogen-bond acceptors (Lipinski definition) is 2. The van der Waals surface area contributed by atoms with E-state index in [1.807, 2.05) is 12.1 Å². The van der Waals surface area contributed by atoms with Crippen molar-refractivity contribution in [2.45, 2.75) is 267 Å². The second-order valence-corrected chi connectivity index (χ2v) is 34.8. The van der Waals surface area contributed by atoms with E-state index in [1.165, 1.54) is 299 Å². The molecule has 0 unspecified atom stereocenters. The molecule has 105 heavy (non-hydrogen) atoms. The summed E-state index contributed by atoms with van der Waals surface area (Å²) in [6.45, 7) is 9.45. The van der Waals surface area contributed by atoms with E-state index in [9.17, 15) is 0 Å². The molecular formula is C102H115ClN2. The molecule has 0 atom stereocenters. The third-order valence-corrected chi connectivity index (χ3v) is 27.1. The largest absolute Gasteiger partial charge is 0.356 e. The van der Waals surface area contributed by atoms with Gasteiger partial charge >= 0.3 is 0 Å². The average Bonchev–Trinajstić information content (AvgIpc) is 1.59. The zero-order valence-corrected chi connectivity index (χ0v) is 64.5. The monoisotopic (exact) mass is 1400 g/mol. The van der Waals surface area contributed by atoms with Gasteiger partial charge in [-0.2, -0.15) is 0 Å². The van der Waals surface area contributed by atoms with E-state index in [4.69, 9.17) is 11.6 Å². The topological polar surface area (TPSA) is 15.3 Å². The standard InChI is InChI=1S/C51H57N.C27H29N.C24H29Cl/c1-51(2)49-21-13-12-20-47(49)48-31-30-46(35-50(48)51)52(44-26-22-39(23-27-44)36-14-6-3-7-15-36)45-28-24-40(25-29-45)43-33-41(37-16-8-4-9-17-37)32-42(34-43)38-18-10-5-11-19-38;1-27(2)25-11-7-6-10-23(25)24-17-16-22(18-26(24)27)28-21-14-12-20(13-15-21)19-8-4-3-5-9-19;25-24-13-11-20(12-14-24)23-16-21(18-7-3-1-4-8-18)15-22(17-23)19-9-5-2-6-10-19/h12-13,20-38H,3-11,14-19H2,1-2H3;6-7,10-19,28H,3-5,8-9H2,1-2H3;11-19H,1-10H2. The van der Waals surface area contributed by atoms with Crippen molar-refractivity contribution in [3.05, 3.63) is 279 Å². The second kappa shape index (κ2) is 32.3. The van der Waals surface area contributed by atoms with Crippen LogP contribution < -0.4 is 10.2 Å². The van der Waals surface area contributed by atoms with Crippen molar-refractivity contribution >= 4 is 40.0 Å². The van der Waals surface area contributed by atoms with E-state index in [2.05, 4.69) is 244 Å². The molecule has 10 aromatic carbocycles. The molecule has 0 heterocycles. The zero-order chi connectivity index (χ0) is 71.3. The minimum Gasteiger partial charge on any atom is -0.356 e. The van der Waals surface area contributed by atoms with Gasteiger partial charge in [0.05, 0.1) is 0 Å². The Labute approximate surface area is 636 Å². The van der Waals surface area contributed by atoms with E-state index < -0.39 is 0 Å². The van der Waals surface area contributed by atoms with E-state index >= 15 is 0 Å². The smallest absolute Gasteiger partial charge is 0.0465 e. The number of nitrogens with one attached hydrogen (secondary N) is 1. The lowest BCUT2D eigenvalue weighted by Crippen LogP contribution is -2.16. The van der Waals surface area contributed by atoms with Gasteiger partial charge in [0.2, 0.25) is 0 Å². The summed E-state index contributed by atoms with van der Waals surface area (Å²) in [7, 11) is 0. The molecular weight excluding hydrogens is 1290 g/mol. The van der Waals surface area contributed by atoms with Gasteiger partial charge in [0, 0.05) is 44.3 Å². The molecule has 8 aliphatic rings. The van der Waals surface area contributed by atoms with Crippen LogP contribution in [0, 0.1) is 0 Å². The van der Waals surface area contributed by atoms with Crippen molar-refractivity contribution < 1.29 is 0 Å². The normalized spacial score (nSPS) is 19.0. The number of halogens is 1. The fourth-order valence-electron chi connectivity index (χ4n) is 20.7. The minimum absolute atomic E-state index is 0.0400. The summed E-state index contributed by atoms with van der Waals surface area (Å²) >= 11 is 6.11. The van der Waals surface area contributed by atoms with Crippen LogP contribution in [-0.2, 0) is 10.8 Å². The highest BCUT2D eigenvalue weighted by atomic mass is 35.5. The van der Waals surface area contributed by atoms with Crippen LogP contribution in [0.5, 0.6) is 0 Å². The molecule has 0 amide bonds. The third kappa shape index (κ3) is 15.8. The molecule has 18 rings (SSSR count). The molecule has 0 radical (unpaired) electrons. The first kappa shape index (κ1) is 71.4. The zero-order valence-electron chi connectivity index (χ0n) is 63.8. The number of rotatable bonds is 13. The molecule has 0 spiro atoms. The van der Waals surface area contributed by atoms with Crippen molar-refractivity contribution in [3.8, 4) is 44.5 Å². The summed E-state index contributed by atoms with van der Waals surface area (Å²) in [5.74, 6) is 4.45. The highest BCUT2D eigenvalue weighted by Crippen LogP contribution is 2.53. The molecule has 540 valence electrons. The third-order valence-electron chi connectivity index (χ3n) is 26.8. The maximum absolute atomic E-state index is 6.11. The van der Waals surface area contributed by atoms with Crippen molar-refractivity contribution in [1.29, 1.82) is 0 Å². The maximum Gasteiger partial charge on any atom is 0.0465 e. The minimum atomic E-state index is -0.0400. The van der Waals surface area contributed by atoms with Crippen LogP contribution in [0.15, 0.2) is 218 Å². The summed E-state index contributed by atoms with van der Waals surface area (Å²) in [5.41, 5.74) is 32.1. The molecule has 0 bridgehead atoms. The molecule has 1 N–H and O–H groups in total. The molecule has 3 heteroatoms. The van der Waals surface area contributed by atoms with Gasteiger partial charge in [-0.1, -0.05) is 300 Å². The van der Waals surface area contributed by atoms with Crippen molar-refractivity contribution in [2.24, 2.45) is 0 Å². The van der Waals surface area contributed by atoms with Gasteiger partial charge in [-0.25, -0.2) is 0 Å². The Morgan fingerprint density at radius 3 is 0.962 bits per heavy atom. The van der Waals surface area contributed by atoms with Crippen LogP contribution >= 0.6 is 11.6 Å². The summed E-state index contributed by atoms with van der Waals surface area (Å²) in [6, 6.07) is 83.8. The number of benzene rings is 10. The summed E-state index contributed by atoms with van der Waals surface area (Å²) in [4.78, 5) is 2.50. The van der Waals surface area contributed by atoms with Crippen LogP contribution in [0.25, 0.3) is 44.5 Å². The van der Waals surface area contributed by atoms with Gasteiger partial charge in [-0.3, -0.25) is 0 Å². The first-order valence-electron chi connectivity index (χ1n) is 41.9. The summed E-state index contributed by atoms with van der Waals surface area (Å²) < 4.78 is 0. The highest BCUT2D eigenvalue weighted by Gasteiger charge is 2.37. The molecule has 0 aromatic heterocycles. The fourth-order valence-corrected chi connectivity index (χ4v) is 20.8. The first-order valence-corrected chi connectivity index (χ1v) is 42.2. The van der Waals surface area contributed by atoms with Gasteiger partial charge < -0.3 is 10.2 Å². The molecule has 6 saturated carbocycles. The van der Waals surface area contributed by atoms with E-state index in [0.717, 1.165) is 34.6 Å². The van der Waals surface area contributed by atoms with Crippen molar-refractivity contribution in [3.63, 3.8) is 0 Å². The molecule has 10 aromatic rings. The van der Waals surface area contributed by atoms with E-state index in [0.29, 0.717) is 5.92 Å². The predicted octanol–water partition coefficient (Wildman–Crippen LogP) is 31.2. The van der Waals surface area contributed by atoms with E-state index in [-0.39, 0.29) is 10.8 Å². The van der Waals surface area contributed by atoms with Crippen LogP contribution in [0.1, 0.15) is 311 Å². The Morgan fingerprint density at radius 2 is 0.562 bits per heavy atom. The number of nitrogens with zero attached hydrogens (tertiary/aromatic N) is 1. The first-order chi connectivity index (χ1) is 51.4. The summed E-state index contributed by atoms with van der Waals surface area (Å²) in [6.07, 6.45) is 41.3. The summed E-state index contributed by atoms with van der Waals surface area (Å²) in [5, 5.41) is 4.45. The Hall–Kier alpha value is -7.91. The number of fused-ring (bicyclic) bond motifs is 6. The van der Waals surface area contributed by atoms with Crippen LogP contribution in [0.2, 0.25) is 5.02 Å². The lowest BCUT2D eigenvalue weighted by molar-refractivity contribution is 0.435. The lowest BCUT2D eigenvalue weighted by Gasteiger charge is -2.29. The molecule has 0 aliphatic heterocycles. The van der Waals surface area contributed by atoms with E-state index in [1.54, 1.807) is 22.3 Å². The van der Waals surface area contributed by atoms with Gasteiger partial charge in [0.1, 0.15) is 0 Å². The fraction of sp³-hybridized carbons (Fsp3) is 0.412. The average molecular weight is 1400 g/mol. The van der Waals surface area contributed by atoms with Crippen molar-refractivity contribution in [2.75, 3.05) is 10.2 Å². The Morgan fingerprint density at radius 1 is 0.257 bits per heavy atom.